The second-order valence-electron chi connectivity index (χ2n) is 7.02. The fourth-order valence-corrected chi connectivity index (χ4v) is 5.51. The monoisotopic (exact) mass is 414 g/mol. The number of nitrogens with two attached hydrogens (primary N) is 1. The molecule has 0 saturated carbocycles. The highest BCUT2D eigenvalue weighted by atomic mass is 32.1. The average Bonchev–Trinajstić information content (AvgIpc) is 3.34. The second kappa shape index (κ2) is 7.98. The van der Waals surface area contributed by atoms with E-state index in [-0.39, 0.29) is 11.9 Å². The number of carbonyl (C=O) groups is 2. The lowest BCUT2D eigenvalue weighted by Crippen LogP contribution is -2.45. The van der Waals surface area contributed by atoms with Crippen LogP contribution in [-0.2, 0) is 4.79 Å². The Morgan fingerprint density at radius 1 is 1.25 bits per heavy atom. The molecule has 0 radical (unpaired) electrons. The van der Waals surface area contributed by atoms with Crippen LogP contribution in [0.25, 0.3) is 10.2 Å². The zero-order chi connectivity index (χ0) is 19.7. The molecular formula is C20H22N4O2S2. The zero-order valence-corrected chi connectivity index (χ0v) is 17.2. The normalized spacial score (nSPS) is 16.9. The minimum absolute atomic E-state index is 0.108. The number of amides is 2. The van der Waals surface area contributed by atoms with E-state index in [1.165, 1.54) is 21.0 Å². The number of thiazole rings is 1. The predicted octanol–water partition coefficient (Wildman–Crippen LogP) is 3.66. The molecular weight excluding hydrogens is 392 g/mol. The van der Waals surface area contributed by atoms with Crippen LogP contribution < -0.4 is 11.1 Å². The molecule has 1 aliphatic rings. The van der Waals surface area contributed by atoms with Gasteiger partial charge in [0.25, 0.3) is 5.91 Å². The number of carbonyl (C=O) groups excluding carboxylic acids is 2. The molecule has 1 fully saturated rings. The van der Waals surface area contributed by atoms with E-state index in [1.807, 2.05) is 19.1 Å². The van der Waals surface area contributed by atoms with Gasteiger partial charge in [0.1, 0.15) is 5.00 Å². The summed E-state index contributed by atoms with van der Waals surface area (Å²) in [7, 11) is 0. The summed E-state index contributed by atoms with van der Waals surface area (Å²) in [4.78, 5) is 31.1. The Morgan fingerprint density at radius 2 is 2.00 bits per heavy atom. The van der Waals surface area contributed by atoms with Gasteiger partial charge in [-0.2, -0.15) is 0 Å². The van der Waals surface area contributed by atoms with E-state index >= 15 is 0 Å². The maximum Gasteiger partial charge on any atom is 0.251 e. The number of primary amides is 1. The van der Waals surface area contributed by atoms with E-state index in [0.29, 0.717) is 16.5 Å². The Morgan fingerprint density at radius 3 is 2.71 bits per heavy atom. The third-order valence-electron chi connectivity index (χ3n) is 5.28. The average molecular weight is 415 g/mol. The van der Waals surface area contributed by atoms with E-state index < -0.39 is 5.91 Å². The third kappa shape index (κ3) is 3.80. The quantitative estimate of drug-likeness (QED) is 0.667. The Hall–Kier alpha value is -2.29. The molecule has 4 rings (SSSR count). The number of nitrogens with zero attached hydrogens (tertiary/aromatic N) is 2. The molecule has 1 aliphatic heterocycles. The number of nitrogens with one attached hydrogen (secondary N) is 1. The fourth-order valence-electron chi connectivity index (χ4n) is 3.58. The van der Waals surface area contributed by atoms with Gasteiger partial charge < -0.3 is 11.1 Å². The van der Waals surface area contributed by atoms with Gasteiger partial charge in [0, 0.05) is 5.92 Å². The van der Waals surface area contributed by atoms with Gasteiger partial charge in [-0.25, -0.2) is 4.98 Å². The molecule has 0 spiro atoms. The summed E-state index contributed by atoms with van der Waals surface area (Å²) in [5.41, 5.74) is 6.78. The molecule has 1 unspecified atom stereocenters. The molecule has 3 heterocycles. The van der Waals surface area contributed by atoms with Crippen LogP contribution in [0.15, 0.2) is 35.7 Å². The summed E-state index contributed by atoms with van der Waals surface area (Å²) in [6, 6.07) is 9.61. The van der Waals surface area contributed by atoms with E-state index in [2.05, 4.69) is 22.3 Å². The van der Waals surface area contributed by atoms with Crippen molar-refractivity contribution in [3.63, 3.8) is 0 Å². The van der Waals surface area contributed by atoms with Crippen molar-refractivity contribution >= 4 is 49.7 Å². The highest BCUT2D eigenvalue weighted by Gasteiger charge is 2.29. The van der Waals surface area contributed by atoms with Gasteiger partial charge in [-0.15, -0.1) is 22.7 Å². The summed E-state index contributed by atoms with van der Waals surface area (Å²) in [5.74, 6) is -0.188. The van der Waals surface area contributed by atoms with Gasteiger partial charge in [-0.05, 0) is 56.4 Å². The van der Waals surface area contributed by atoms with E-state index in [9.17, 15) is 9.59 Å². The van der Waals surface area contributed by atoms with Gasteiger partial charge in [0.05, 0.1) is 26.8 Å². The van der Waals surface area contributed by atoms with Crippen LogP contribution in [0.3, 0.4) is 0 Å². The van der Waals surface area contributed by atoms with Crippen molar-refractivity contribution in [1.29, 1.82) is 0 Å². The molecule has 2 aromatic heterocycles. The number of hydrogen-bond acceptors (Lipinski definition) is 6. The number of rotatable bonds is 5. The molecule has 8 heteroatoms. The Kier molecular flexibility index (Phi) is 5.43. The van der Waals surface area contributed by atoms with Crippen molar-refractivity contribution in [2.24, 2.45) is 5.73 Å². The lowest BCUT2D eigenvalue weighted by Gasteiger charge is -2.34. The molecule has 28 heavy (non-hydrogen) atoms. The van der Waals surface area contributed by atoms with Crippen molar-refractivity contribution in [2.45, 2.75) is 31.7 Å². The van der Waals surface area contributed by atoms with Crippen molar-refractivity contribution in [3.05, 3.63) is 46.3 Å². The SMILES string of the molecule is CC(C(=O)Nc1sccc1C(N)=O)N1CCC(c2nc3ccccc3s2)CC1. The predicted molar refractivity (Wildman–Crippen MR) is 114 cm³/mol. The first-order chi connectivity index (χ1) is 13.5. The van der Waals surface area contributed by atoms with Crippen LogP contribution in [-0.4, -0.2) is 40.8 Å². The maximum atomic E-state index is 12.6. The Balaban J connectivity index is 1.36. The van der Waals surface area contributed by atoms with Gasteiger partial charge in [0.15, 0.2) is 0 Å². The van der Waals surface area contributed by atoms with Crippen LogP contribution in [0, 0.1) is 0 Å². The molecule has 0 aliphatic carbocycles. The molecule has 2 amide bonds. The first-order valence-corrected chi connectivity index (χ1v) is 11.0. The molecule has 1 saturated heterocycles. The largest absolute Gasteiger partial charge is 0.366 e. The Bertz CT molecular complexity index is 971. The van der Waals surface area contributed by atoms with Crippen LogP contribution in [0.4, 0.5) is 5.00 Å². The first-order valence-electron chi connectivity index (χ1n) is 9.30. The van der Waals surface area contributed by atoms with E-state index in [4.69, 9.17) is 10.7 Å². The van der Waals surface area contributed by atoms with Gasteiger partial charge in [0.2, 0.25) is 5.91 Å². The number of aromatic nitrogens is 1. The number of fused-ring (bicyclic) bond motifs is 1. The van der Waals surface area contributed by atoms with Gasteiger partial charge in [-0.3, -0.25) is 14.5 Å². The van der Waals surface area contributed by atoms with Crippen molar-refractivity contribution in [1.82, 2.24) is 9.88 Å². The third-order valence-corrected chi connectivity index (χ3v) is 7.31. The lowest BCUT2D eigenvalue weighted by molar-refractivity contribution is -0.121. The van der Waals surface area contributed by atoms with Gasteiger partial charge >= 0.3 is 0 Å². The number of thiophene rings is 1. The van der Waals surface area contributed by atoms with Crippen molar-refractivity contribution in [2.75, 3.05) is 18.4 Å². The topological polar surface area (TPSA) is 88.3 Å². The summed E-state index contributed by atoms with van der Waals surface area (Å²) >= 11 is 3.09. The molecule has 146 valence electrons. The first kappa shape index (κ1) is 19.0. The van der Waals surface area contributed by atoms with Gasteiger partial charge in [-0.1, -0.05) is 12.1 Å². The van der Waals surface area contributed by atoms with Crippen LogP contribution in [0.2, 0.25) is 0 Å². The number of likely N-dealkylation sites (tertiary alicyclic amines) is 1. The van der Waals surface area contributed by atoms with Crippen LogP contribution >= 0.6 is 22.7 Å². The smallest absolute Gasteiger partial charge is 0.251 e. The number of para-hydroxylation sites is 1. The fraction of sp³-hybridized carbons (Fsp3) is 0.350. The molecule has 3 aromatic rings. The number of benzene rings is 1. The van der Waals surface area contributed by atoms with E-state index in [0.717, 1.165) is 31.4 Å². The van der Waals surface area contributed by atoms with E-state index in [1.54, 1.807) is 22.8 Å². The summed E-state index contributed by atoms with van der Waals surface area (Å²) < 4.78 is 1.23. The second-order valence-corrected chi connectivity index (χ2v) is 9.00. The molecule has 6 nitrogen and oxygen atoms in total. The maximum absolute atomic E-state index is 12.6. The summed E-state index contributed by atoms with van der Waals surface area (Å²) in [6.07, 6.45) is 1.98. The van der Waals surface area contributed by atoms with Crippen LogP contribution in [0.1, 0.15) is 41.0 Å². The molecule has 1 aromatic carbocycles. The number of hydrogen-bond donors (Lipinski definition) is 2. The molecule has 0 bridgehead atoms. The van der Waals surface area contributed by atoms with Crippen LogP contribution in [0.5, 0.6) is 0 Å². The standard InChI is InChI=1S/C20H22N4O2S2/c1-12(18(26)23-20-14(17(21)25)8-11-27-20)24-9-6-13(7-10-24)19-22-15-4-2-3-5-16(15)28-19/h2-5,8,11-13H,6-7,9-10H2,1H3,(H2,21,25)(H,23,26). The lowest BCUT2D eigenvalue weighted by atomic mass is 9.96. The highest BCUT2D eigenvalue weighted by Crippen LogP contribution is 2.34. The number of piperidine rings is 1. The van der Waals surface area contributed by atoms with Crippen molar-refractivity contribution in [3.8, 4) is 0 Å². The molecule has 1 atom stereocenters. The minimum Gasteiger partial charge on any atom is -0.366 e. The summed E-state index contributed by atoms with van der Waals surface area (Å²) in [5, 5.41) is 6.33. The van der Waals surface area contributed by atoms with Crippen molar-refractivity contribution < 1.29 is 9.59 Å². The Labute approximate surface area is 171 Å². The minimum atomic E-state index is -0.527. The summed E-state index contributed by atoms with van der Waals surface area (Å²) in [6.45, 7) is 3.61. The molecule has 3 N–H and O–H groups in total. The number of anilines is 1. The zero-order valence-electron chi connectivity index (χ0n) is 15.6. The highest BCUT2D eigenvalue weighted by molar-refractivity contribution is 7.18.